The Kier molecular flexibility index (Phi) is 5.86. The summed E-state index contributed by atoms with van der Waals surface area (Å²) in [6.45, 7) is 0.749. The number of hydrogen-bond acceptors (Lipinski definition) is 3. The van der Waals surface area contributed by atoms with Gasteiger partial charge in [-0.1, -0.05) is 48.5 Å². The van der Waals surface area contributed by atoms with Crippen LogP contribution in [0.4, 0.5) is 5.69 Å². The Balaban J connectivity index is 1.45. The quantitative estimate of drug-likeness (QED) is 0.645. The van der Waals surface area contributed by atoms with Gasteiger partial charge in [-0.05, 0) is 61.2 Å². The van der Waals surface area contributed by atoms with Crippen LogP contribution in [-0.4, -0.2) is 31.8 Å². The van der Waals surface area contributed by atoms with Gasteiger partial charge in [-0.3, -0.25) is 9.52 Å². The zero-order valence-corrected chi connectivity index (χ0v) is 17.4. The maximum absolute atomic E-state index is 13.1. The molecule has 1 saturated heterocycles. The average molecular weight is 421 g/mol. The molecule has 0 spiro atoms. The average Bonchev–Trinajstić information content (AvgIpc) is 3.23. The Morgan fingerprint density at radius 1 is 0.900 bits per heavy atom. The fourth-order valence-electron chi connectivity index (χ4n) is 3.86. The summed E-state index contributed by atoms with van der Waals surface area (Å²) in [5, 5.41) is 0. The van der Waals surface area contributed by atoms with Crippen molar-refractivity contribution in [3.05, 3.63) is 96.1 Å². The van der Waals surface area contributed by atoms with Crippen LogP contribution >= 0.6 is 0 Å². The van der Waals surface area contributed by atoms with Crippen LogP contribution in [0.2, 0.25) is 0 Å². The van der Waals surface area contributed by atoms with Crippen molar-refractivity contribution in [1.29, 1.82) is 0 Å². The van der Waals surface area contributed by atoms with Gasteiger partial charge in [0, 0.05) is 23.8 Å². The second-order valence-electron chi connectivity index (χ2n) is 7.48. The minimum absolute atomic E-state index is 0.00843. The fraction of sp³-hybridized carbons (Fsp3) is 0.208. The molecule has 1 fully saturated rings. The number of hydrogen-bond donors (Lipinski definition) is 1. The molecule has 5 nitrogen and oxygen atoms in total. The molecule has 1 N–H and O–H groups in total. The maximum atomic E-state index is 13.1. The third kappa shape index (κ3) is 4.54. The molecule has 1 unspecified atom stereocenters. The first-order valence-corrected chi connectivity index (χ1v) is 11.5. The molecule has 1 heterocycles. The van der Waals surface area contributed by atoms with Crippen LogP contribution in [0, 0.1) is 0 Å². The molecule has 0 bridgehead atoms. The van der Waals surface area contributed by atoms with Gasteiger partial charge in [0.25, 0.3) is 15.9 Å². The smallest absolute Gasteiger partial charge is 0.261 e. The number of nitrogens with one attached hydrogen (secondary N) is 1. The van der Waals surface area contributed by atoms with Crippen molar-refractivity contribution in [2.24, 2.45) is 0 Å². The van der Waals surface area contributed by atoms with E-state index in [1.165, 1.54) is 5.56 Å². The van der Waals surface area contributed by atoms with Gasteiger partial charge in [0.05, 0.1) is 4.90 Å². The van der Waals surface area contributed by atoms with E-state index < -0.39 is 10.0 Å². The lowest BCUT2D eigenvalue weighted by Crippen LogP contribution is -2.36. The lowest BCUT2D eigenvalue weighted by molar-refractivity contribution is 0.0736. The highest BCUT2D eigenvalue weighted by Gasteiger charge is 2.29. The predicted octanol–water partition coefficient (Wildman–Crippen LogP) is 4.33. The topological polar surface area (TPSA) is 66.5 Å². The Morgan fingerprint density at radius 3 is 2.20 bits per heavy atom. The summed E-state index contributed by atoms with van der Waals surface area (Å²) in [5.41, 5.74) is 2.23. The first kappa shape index (κ1) is 20.2. The van der Waals surface area contributed by atoms with Gasteiger partial charge < -0.3 is 4.90 Å². The largest absolute Gasteiger partial charge is 0.335 e. The van der Waals surface area contributed by atoms with Crippen LogP contribution < -0.4 is 4.72 Å². The number of sulfonamides is 1. The molecule has 3 aromatic rings. The molecular weight excluding hydrogens is 396 g/mol. The summed E-state index contributed by atoms with van der Waals surface area (Å²) in [4.78, 5) is 15.2. The molecule has 0 radical (unpaired) electrons. The number of rotatable bonds is 6. The molecule has 6 heteroatoms. The summed E-state index contributed by atoms with van der Waals surface area (Å²) < 4.78 is 27.5. The Morgan fingerprint density at radius 2 is 1.53 bits per heavy atom. The highest BCUT2D eigenvalue weighted by molar-refractivity contribution is 7.92. The Labute approximate surface area is 177 Å². The molecule has 3 aromatic carbocycles. The number of benzene rings is 3. The Bertz CT molecular complexity index is 1100. The van der Waals surface area contributed by atoms with Crippen molar-refractivity contribution < 1.29 is 13.2 Å². The van der Waals surface area contributed by atoms with E-state index in [1.54, 1.807) is 54.6 Å². The van der Waals surface area contributed by atoms with Gasteiger partial charge in [-0.2, -0.15) is 0 Å². The first-order chi connectivity index (χ1) is 14.5. The maximum Gasteiger partial charge on any atom is 0.261 e. The molecular formula is C24H24N2O3S. The van der Waals surface area contributed by atoms with Crippen LogP contribution in [-0.2, 0) is 16.4 Å². The van der Waals surface area contributed by atoms with Crippen molar-refractivity contribution in [2.75, 3.05) is 11.3 Å². The zero-order chi connectivity index (χ0) is 21.0. The Hall–Kier alpha value is -3.12. The van der Waals surface area contributed by atoms with E-state index in [2.05, 4.69) is 16.9 Å². The van der Waals surface area contributed by atoms with Crippen molar-refractivity contribution in [3.8, 4) is 0 Å². The van der Waals surface area contributed by atoms with Gasteiger partial charge in [0.1, 0.15) is 0 Å². The molecule has 4 rings (SSSR count). The molecule has 1 aliphatic rings. The van der Waals surface area contributed by atoms with E-state index >= 15 is 0 Å². The molecule has 154 valence electrons. The molecule has 30 heavy (non-hydrogen) atoms. The zero-order valence-electron chi connectivity index (χ0n) is 16.6. The number of carbonyl (C=O) groups excluding carboxylic acids is 1. The molecule has 0 aliphatic carbocycles. The number of carbonyl (C=O) groups is 1. The van der Waals surface area contributed by atoms with Crippen molar-refractivity contribution in [3.63, 3.8) is 0 Å². The standard InChI is InChI=1S/C24H24N2O3S/c27-24(26-17-7-10-22(26)18-19-8-3-1-4-9-19)20-13-15-21(16-14-20)25-30(28,29)23-11-5-2-6-12-23/h1-6,8-9,11-16,22,25H,7,10,17-18H2. The normalized spacial score (nSPS) is 16.4. The molecule has 0 saturated carbocycles. The lowest BCUT2D eigenvalue weighted by atomic mass is 10.0. The second kappa shape index (κ2) is 8.71. The van der Waals surface area contributed by atoms with Crippen LogP contribution in [0.5, 0.6) is 0 Å². The molecule has 0 aromatic heterocycles. The monoisotopic (exact) mass is 420 g/mol. The third-order valence-corrected chi connectivity index (χ3v) is 6.79. The lowest BCUT2D eigenvalue weighted by Gasteiger charge is -2.25. The van der Waals surface area contributed by atoms with E-state index in [9.17, 15) is 13.2 Å². The highest BCUT2D eigenvalue weighted by atomic mass is 32.2. The molecule has 1 atom stereocenters. The van der Waals surface area contributed by atoms with Gasteiger partial charge in [0.15, 0.2) is 0 Å². The second-order valence-corrected chi connectivity index (χ2v) is 9.16. The van der Waals surface area contributed by atoms with E-state index in [4.69, 9.17) is 0 Å². The first-order valence-electron chi connectivity index (χ1n) is 10.1. The van der Waals surface area contributed by atoms with Gasteiger partial charge in [-0.25, -0.2) is 8.42 Å². The summed E-state index contributed by atoms with van der Waals surface area (Å²) >= 11 is 0. The molecule has 1 amide bonds. The SMILES string of the molecule is O=C(c1ccc(NS(=O)(=O)c2ccccc2)cc1)N1CCCC1Cc1ccccc1. The predicted molar refractivity (Wildman–Crippen MR) is 118 cm³/mol. The number of likely N-dealkylation sites (tertiary alicyclic amines) is 1. The number of nitrogens with zero attached hydrogens (tertiary/aromatic N) is 1. The summed E-state index contributed by atoms with van der Waals surface area (Å²) in [6, 6.07) is 25.3. The van der Waals surface area contributed by atoms with E-state index in [1.807, 2.05) is 23.1 Å². The minimum atomic E-state index is -3.65. The van der Waals surface area contributed by atoms with Gasteiger partial charge in [0.2, 0.25) is 0 Å². The summed E-state index contributed by atoms with van der Waals surface area (Å²) in [6.07, 6.45) is 2.84. The van der Waals surface area contributed by atoms with Crippen LogP contribution in [0.3, 0.4) is 0 Å². The van der Waals surface area contributed by atoms with Crippen LogP contribution in [0.25, 0.3) is 0 Å². The summed E-state index contributed by atoms with van der Waals surface area (Å²) in [7, 11) is -3.65. The van der Waals surface area contributed by atoms with Crippen LogP contribution in [0.1, 0.15) is 28.8 Å². The molecule has 1 aliphatic heterocycles. The minimum Gasteiger partial charge on any atom is -0.335 e. The highest BCUT2D eigenvalue weighted by Crippen LogP contribution is 2.24. The van der Waals surface area contributed by atoms with Crippen LogP contribution in [0.15, 0.2) is 89.8 Å². The van der Waals surface area contributed by atoms with Gasteiger partial charge in [-0.15, -0.1) is 0 Å². The van der Waals surface area contributed by atoms with Crippen molar-refractivity contribution in [1.82, 2.24) is 4.90 Å². The number of anilines is 1. The fourth-order valence-corrected chi connectivity index (χ4v) is 4.94. The number of amides is 1. The van der Waals surface area contributed by atoms with E-state index in [-0.39, 0.29) is 16.8 Å². The summed E-state index contributed by atoms with van der Waals surface area (Å²) in [5.74, 6) is -0.00843. The van der Waals surface area contributed by atoms with Crippen molar-refractivity contribution >= 4 is 21.6 Å². The van der Waals surface area contributed by atoms with Crippen molar-refractivity contribution in [2.45, 2.75) is 30.2 Å². The van der Waals surface area contributed by atoms with E-state index in [0.29, 0.717) is 11.3 Å². The van der Waals surface area contributed by atoms with E-state index in [0.717, 1.165) is 25.8 Å². The third-order valence-electron chi connectivity index (χ3n) is 5.39. The van der Waals surface area contributed by atoms with Gasteiger partial charge >= 0.3 is 0 Å².